The van der Waals surface area contributed by atoms with Gasteiger partial charge >= 0.3 is 0 Å². The Hall–Kier alpha value is -1.47. The van der Waals surface area contributed by atoms with Crippen molar-refractivity contribution in [3.05, 3.63) is 28.2 Å². The lowest BCUT2D eigenvalue weighted by Gasteiger charge is -2.05. The second-order valence-corrected chi connectivity index (χ2v) is 3.79. The van der Waals surface area contributed by atoms with Crippen LogP contribution in [0.1, 0.15) is 16.8 Å². The van der Waals surface area contributed by atoms with Gasteiger partial charge in [-0.2, -0.15) is 0 Å². The quantitative estimate of drug-likeness (QED) is 0.649. The highest BCUT2D eigenvalue weighted by atomic mass is 79.9. The molecule has 1 rings (SSSR count). The number of carbonyl (C=O) groups is 1. The third kappa shape index (κ3) is 3.30. The molecule has 1 aromatic carbocycles. The monoisotopic (exact) mass is 267 g/mol. The molecule has 1 amide bonds. The number of hydrogen-bond donors (Lipinski definition) is 2. The Morgan fingerprint density at radius 2 is 2.33 bits per heavy atom. The topological polar surface area (TPSA) is 49.3 Å². The Labute approximate surface area is 96.6 Å². The van der Waals surface area contributed by atoms with Crippen LogP contribution in [0, 0.1) is 12.3 Å². The van der Waals surface area contributed by atoms with Gasteiger partial charge in [-0.15, -0.1) is 12.3 Å². The van der Waals surface area contributed by atoms with Gasteiger partial charge in [-0.05, 0) is 18.2 Å². The minimum Gasteiger partial charge on any atom is -0.507 e. The molecule has 3 nitrogen and oxygen atoms in total. The zero-order valence-corrected chi connectivity index (χ0v) is 9.54. The summed E-state index contributed by atoms with van der Waals surface area (Å²) in [6.07, 6.45) is 5.52. The molecule has 0 saturated heterocycles. The number of hydrogen-bond acceptors (Lipinski definition) is 2. The fraction of sp³-hybridized carbons (Fsp3) is 0.182. The summed E-state index contributed by atoms with van der Waals surface area (Å²) in [4.78, 5) is 11.5. The Bertz CT molecular complexity index is 410. The van der Waals surface area contributed by atoms with E-state index in [1.54, 1.807) is 12.1 Å². The van der Waals surface area contributed by atoms with Crippen LogP contribution < -0.4 is 5.32 Å². The fourth-order valence-electron chi connectivity index (χ4n) is 1.04. The molecule has 0 unspecified atom stereocenters. The van der Waals surface area contributed by atoms with Crippen molar-refractivity contribution in [1.29, 1.82) is 0 Å². The molecule has 0 radical (unpaired) electrons. The van der Waals surface area contributed by atoms with Gasteiger partial charge in [0.2, 0.25) is 0 Å². The Balaban J connectivity index is 2.70. The molecule has 0 fully saturated rings. The molecule has 2 N–H and O–H groups in total. The SMILES string of the molecule is C#CCCNC(=O)c1ccc(Br)cc1O. The first-order chi connectivity index (χ1) is 7.15. The van der Waals surface area contributed by atoms with E-state index in [4.69, 9.17) is 6.42 Å². The Morgan fingerprint density at radius 3 is 2.93 bits per heavy atom. The number of aromatic hydroxyl groups is 1. The molecule has 0 aliphatic carbocycles. The minimum atomic E-state index is -0.324. The van der Waals surface area contributed by atoms with E-state index in [0.29, 0.717) is 13.0 Å². The van der Waals surface area contributed by atoms with Crippen molar-refractivity contribution in [1.82, 2.24) is 5.32 Å². The van der Waals surface area contributed by atoms with Crippen molar-refractivity contribution in [2.75, 3.05) is 6.54 Å². The molecule has 0 aromatic heterocycles. The number of halogens is 1. The normalized spacial score (nSPS) is 9.33. The van der Waals surface area contributed by atoms with Crippen molar-refractivity contribution in [2.24, 2.45) is 0 Å². The van der Waals surface area contributed by atoms with Gasteiger partial charge in [-0.25, -0.2) is 0 Å². The van der Waals surface area contributed by atoms with Crippen LogP contribution in [0.4, 0.5) is 0 Å². The number of nitrogens with one attached hydrogen (secondary N) is 1. The number of amides is 1. The van der Waals surface area contributed by atoms with Crippen LogP contribution in [0.25, 0.3) is 0 Å². The van der Waals surface area contributed by atoms with Crippen LogP contribution in [0.5, 0.6) is 5.75 Å². The van der Waals surface area contributed by atoms with Crippen molar-refractivity contribution in [2.45, 2.75) is 6.42 Å². The Kier molecular flexibility index (Phi) is 4.19. The zero-order chi connectivity index (χ0) is 11.3. The number of benzene rings is 1. The molecule has 4 heteroatoms. The summed E-state index contributed by atoms with van der Waals surface area (Å²) in [5, 5.41) is 12.1. The lowest BCUT2D eigenvalue weighted by Crippen LogP contribution is -2.24. The van der Waals surface area contributed by atoms with Gasteiger partial charge in [-0.1, -0.05) is 15.9 Å². The predicted molar refractivity (Wildman–Crippen MR) is 61.6 cm³/mol. The molecule has 0 aliphatic rings. The maximum absolute atomic E-state index is 11.5. The van der Waals surface area contributed by atoms with Crippen LogP contribution in [0.2, 0.25) is 0 Å². The maximum atomic E-state index is 11.5. The van der Waals surface area contributed by atoms with Crippen molar-refractivity contribution >= 4 is 21.8 Å². The van der Waals surface area contributed by atoms with Gasteiger partial charge < -0.3 is 10.4 Å². The molecular weight excluding hydrogens is 258 g/mol. The highest BCUT2D eigenvalue weighted by molar-refractivity contribution is 9.10. The molecule has 78 valence electrons. The van der Waals surface area contributed by atoms with E-state index < -0.39 is 0 Å². The lowest BCUT2D eigenvalue weighted by atomic mass is 10.2. The highest BCUT2D eigenvalue weighted by Crippen LogP contribution is 2.21. The van der Waals surface area contributed by atoms with E-state index >= 15 is 0 Å². The first-order valence-corrected chi connectivity index (χ1v) is 5.14. The average Bonchev–Trinajstić information content (AvgIpc) is 2.17. The highest BCUT2D eigenvalue weighted by Gasteiger charge is 2.09. The van der Waals surface area contributed by atoms with Crippen LogP contribution in [-0.4, -0.2) is 17.6 Å². The summed E-state index contributed by atoms with van der Waals surface area (Å²) < 4.78 is 0.722. The number of phenolic OH excluding ortho intramolecular Hbond substituents is 1. The van der Waals surface area contributed by atoms with Gasteiger partial charge in [-0.3, -0.25) is 4.79 Å². The molecule has 0 bridgehead atoms. The van der Waals surface area contributed by atoms with E-state index in [-0.39, 0.29) is 17.2 Å². The van der Waals surface area contributed by atoms with Gasteiger partial charge in [0.1, 0.15) is 5.75 Å². The first kappa shape index (κ1) is 11.6. The van der Waals surface area contributed by atoms with E-state index in [9.17, 15) is 9.90 Å². The van der Waals surface area contributed by atoms with E-state index in [0.717, 1.165) is 4.47 Å². The van der Waals surface area contributed by atoms with E-state index in [2.05, 4.69) is 27.2 Å². The van der Waals surface area contributed by atoms with Crippen LogP contribution in [-0.2, 0) is 0 Å². The van der Waals surface area contributed by atoms with Crippen molar-refractivity contribution < 1.29 is 9.90 Å². The number of terminal acetylenes is 1. The van der Waals surface area contributed by atoms with Gasteiger partial charge in [0.05, 0.1) is 5.56 Å². The standard InChI is InChI=1S/C11H10BrNO2/c1-2-3-6-13-11(15)9-5-4-8(12)7-10(9)14/h1,4-5,7,14H,3,6H2,(H,13,15). The third-order valence-electron chi connectivity index (χ3n) is 1.76. The van der Waals surface area contributed by atoms with Crippen LogP contribution in [0.15, 0.2) is 22.7 Å². The molecule has 15 heavy (non-hydrogen) atoms. The Morgan fingerprint density at radius 1 is 1.60 bits per heavy atom. The van der Waals surface area contributed by atoms with Crippen LogP contribution >= 0.6 is 15.9 Å². The van der Waals surface area contributed by atoms with E-state index in [1.165, 1.54) is 6.07 Å². The molecular formula is C11H10BrNO2. The second kappa shape index (κ2) is 5.42. The molecule has 0 aliphatic heterocycles. The first-order valence-electron chi connectivity index (χ1n) is 4.35. The minimum absolute atomic E-state index is 0.0532. The van der Waals surface area contributed by atoms with Gasteiger partial charge in [0.15, 0.2) is 0 Å². The number of carbonyl (C=O) groups excluding carboxylic acids is 1. The summed E-state index contributed by atoms with van der Waals surface area (Å²) in [5.74, 6) is 2.04. The van der Waals surface area contributed by atoms with Crippen LogP contribution in [0.3, 0.4) is 0 Å². The summed E-state index contributed by atoms with van der Waals surface area (Å²) >= 11 is 3.19. The molecule has 0 spiro atoms. The largest absolute Gasteiger partial charge is 0.507 e. The third-order valence-corrected chi connectivity index (χ3v) is 2.25. The summed E-state index contributed by atoms with van der Waals surface area (Å²) in [7, 11) is 0. The van der Waals surface area contributed by atoms with E-state index in [1.807, 2.05) is 0 Å². The van der Waals surface area contributed by atoms with Gasteiger partial charge in [0, 0.05) is 17.4 Å². The van der Waals surface area contributed by atoms with Gasteiger partial charge in [0.25, 0.3) is 5.91 Å². The number of phenols is 1. The summed E-state index contributed by atoms with van der Waals surface area (Å²) in [6, 6.07) is 4.70. The zero-order valence-electron chi connectivity index (χ0n) is 7.96. The van der Waals surface area contributed by atoms with Crippen molar-refractivity contribution in [3.8, 4) is 18.1 Å². The maximum Gasteiger partial charge on any atom is 0.255 e. The summed E-state index contributed by atoms with van der Waals surface area (Å²) in [5.41, 5.74) is 0.246. The molecule has 0 saturated carbocycles. The number of rotatable bonds is 3. The average molecular weight is 268 g/mol. The second-order valence-electron chi connectivity index (χ2n) is 2.87. The molecule has 1 aromatic rings. The predicted octanol–water partition coefficient (Wildman–Crippen LogP) is 1.91. The molecule has 0 heterocycles. The smallest absolute Gasteiger partial charge is 0.255 e. The summed E-state index contributed by atoms with van der Waals surface area (Å²) in [6.45, 7) is 0.408. The fourth-order valence-corrected chi connectivity index (χ4v) is 1.39. The lowest BCUT2D eigenvalue weighted by molar-refractivity contribution is 0.0952. The molecule has 0 atom stereocenters. The van der Waals surface area contributed by atoms with Crippen molar-refractivity contribution in [3.63, 3.8) is 0 Å².